The molecule has 3 rings (SSSR count). The predicted octanol–water partition coefficient (Wildman–Crippen LogP) is 6.57. The van der Waals surface area contributed by atoms with E-state index in [1.165, 1.54) is 34.6 Å². The highest BCUT2D eigenvalue weighted by Gasteiger charge is 2.24. The number of rotatable bonds is 5. The van der Waals surface area contributed by atoms with Crippen LogP contribution in [0.5, 0.6) is 0 Å². The Morgan fingerprint density at radius 2 is 1.44 bits per heavy atom. The van der Waals surface area contributed by atoms with Crippen molar-refractivity contribution in [2.24, 2.45) is 0 Å². The van der Waals surface area contributed by atoms with E-state index in [1.807, 2.05) is 27.7 Å². The summed E-state index contributed by atoms with van der Waals surface area (Å²) in [6.07, 6.45) is 0. The summed E-state index contributed by atoms with van der Waals surface area (Å²) in [4.78, 5) is 25.7. The van der Waals surface area contributed by atoms with Crippen molar-refractivity contribution in [1.82, 2.24) is 5.32 Å². The van der Waals surface area contributed by atoms with Gasteiger partial charge in [0.15, 0.2) is 0 Å². The van der Waals surface area contributed by atoms with E-state index in [0.29, 0.717) is 11.4 Å². The van der Waals surface area contributed by atoms with Crippen molar-refractivity contribution in [1.29, 1.82) is 0 Å². The number of halogens is 2. The lowest BCUT2D eigenvalue weighted by Crippen LogP contribution is -2.36. The van der Waals surface area contributed by atoms with Crippen LogP contribution >= 0.6 is 12.8 Å². The van der Waals surface area contributed by atoms with Crippen molar-refractivity contribution in [3.05, 3.63) is 93.5 Å². The maximum absolute atomic E-state index is 14.1. The summed E-state index contributed by atoms with van der Waals surface area (Å²) >= 11 is 4.45. The van der Waals surface area contributed by atoms with E-state index in [9.17, 15) is 18.4 Å². The number of benzene rings is 3. The average molecular weight is 484 g/mol. The Bertz CT molecular complexity index is 1220. The first-order chi connectivity index (χ1) is 16.0. The van der Waals surface area contributed by atoms with Crippen LogP contribution in [0, 0.1) is 39.3 Å². The van der Waals surface area contributed by atoms with Gasteiger partial charge in [0.05, 0.1) is 17.3 Å². The zero-order chi connectivity index (χ0) is 25.2. The summed E-state index contributed by atoms with van der Waals surface area (Å²) in [5, 5.41) is 5.68. The molecule has 0 spiro atoms. The molecule has 3 aromatic rings. The normalized spacial score (nSPS) is 11.6. The largest absolute Gasteiger partial charge is 0.332 e. The molecule has 0 saturated carbocycles. The number of nitrogens with zero attached hydrogens (tertiary/aromatic N) is 1. The van der Waals surface area contributed by atoms with E-state index in [0.717, 1.165) is 27.8 Å². The predicted molar refractivity (Wildman–Crippen MR) is 135 cm³/mol. The van der Waals surface area contributed by atoms with Crippen molar-refractivity contribution in [2.75, 3.05) is 9.62 Å². The number of anilines is 2. The van der Waals surface area contributed by atoms with E-state index in [2.05, 4.69) is 23.4 Å². The van der Waals surface area contributed by atoms with Gasteiger partial charge in [0.1, 0.15) is 11.6 Å². The second kappa shape index (κ2) is 10.3. The van der Waals surface area contributed by atoms with Gasteiger partial charge >= 0.3 is 6.03 Å². The van der Waals surface area contributed by atoms with Crippen LogP contribution in [0.3, 0.4) is 0 Å². The average Bonchev–Trinajstić information content (AvgIpc) is 2.81. The number of nitrogens with one attached hydrogen (secondary N) is 2. The van der Waals surface area contributed by atoms with Gasteiger partial charge in [-0.05, 0) is 86.7 Å². The SMILES string of the molecule is Cc1c(C)c(N(S)C(=O)NC(C)c2ccc(F)cc2)c(C)c(C)c1NC(=O)c1ccccc1F. The highest BCUT2D eigenvalue weighted by atomic mass is 32.1. The van der Waals surface area contributed by atoms with Crippen LogP contribution < -0.4 is 14.9 Å². The number of urea groups is 1. The second-order valence-electron chi connectivity index (χ2n) is 8.19. The van der Waals surface area contributed by atoms with Crippen molar-refractivity contribution in [3.63, 3.8) is 0 Å². The van der Waals surface area contributed by atoms with Crippen LogP contribution in [0.25, 0.3) is 0 Å². The fourth-order valence-electron chi connectivity index (χ4n) is 3.81. The Kier molecular flexibility index (Phi) is 7.61. The Morgan fingerprint density at radius 3 is 2.00 bits per heavy atom. The zero-order valence-corrected chi connectivity index (χ0v) is 20.6. The van der Waals surface area contributed by atoms with Gasteiger partial charge < -0.3 is 10.6 Å². The molecule has 2 N–H and O–H groups in total. The molecule has 34 heavy (non-hydrogen) atoms. The fourth-order valence-corrected chi connectivity index (χ4v) is 4.16. The van der Waals surface area contributed by atoms with Crippen LogP contribution in [0.15, 0.2) is 48.5 Å². The number of hydrogen-bond donors (Lipinski definition) is 3. The summed E-state index contributed by atoms with van der Waals surface area (Å²) < 4.78 is 28.5. The lowest BCUT2D eigenvalue weighted by atomic mass is 9.95. The van der Waals surface area contributed by atoms with Gasteiger partial charge in [0.2, 0.25) is 0 Å². The molecule has 0 aliphatic carbocycles. The summed E-state index contributed by atoms with van der Waals surface area (Å²) in [5.41, 5.74) is 4.81. The molecule has 8 heteroatoms. The molecule has 1 unspecified atom stereocenters. The number of thiol groups is 1. The van der Waals surface area contributed by atoms with Crippen LogP contribution in [0.2, 0.25) is 0 Å². The smallest absolute Gasteiger partial charge is 0.330 e. The van der Waals surface area contributed by atoms with Crippen molar-refractivity contribution >= 4 is 36.1 Å². The van der Waals surface area contributed by atoms with Gasteiger partial charge in [0, 0.05) is 5.69 Å². The molecule has 0 aliphatic heterocycles. The van der Waals surface area contributed by atoms with E-state index in [1.54, 1.807) is 25.1 Å². The second-order valence-corrected chi connectivity index (χ2v) is 8.59. The Morgan fingerprint density at radius 1 is 0.882 bits per heavy atom. The Hall–Kier alpha value is -3.39. The molecular weight excluding hydrogens is 456 g/mol. The van der Waals surface area contributed by atoms with E-state index in [4.69, 9.17) is 0 Å². The lowest BCUT2D eigenvalue weighted by Gasteiger charge is -2.27. The van der Waals surface area contributed by atoms with Gasteiger partial charge in [-0.25, -0.2) is 17.9 Å². The van der Waals surface area contributed by atoms with Gasteiger partial charge in [0.25, 0.3) is 5.91 Å². The third-order valence-corrected chi connectivity index (χ3v) is 6.44. The fraction of sp³-hybridized carbons (Fsp3) is 0.231. The molecule has 0 saturated heterocycles. The first kappa shape index (κ1) is 25.2. The first-order valence-electron chi connectivity index (χ1n) is 10.7. The maximum atomic E-state index is 14.1. The van der Waals surface area contributed by atoms with Crippen molar-refractivity contribution < 1.29 is 18.4 Å². The minimum atomic E-state index is -0.603. The Labute approximate surface area is 203 Å². The van der Waals surface area contributed by atoms with Gasteiger partial charge in [-0.1, -0.05) is 37.1 Å². The minimum absolute atomic E-state index is 0.0503. The standard InChI is InChI=1S/C26H27F2N3O2S/c1-14-16(3)24(31(34)26(33)29-18(5)19-10-12-20(27)13-11-19)17(4)15(2)23(14)30-25(32)21-8-6-7-9-22(21)28/h6-13,18,34H,1-5H3,(H,29,33)(H,30,32). The summed E-state index contributed by atoms with van der Waals surface area (Å²) in [6.45, 7) is 9.10. The van der Waals surface area contributed by atoms with E-state index < -0.39 is 17.8 Å². The van der Waals surface area contributed by atoms with Gasteiger partial charge in [-0.2, -0.15) is 0 Å². The molecule has 0 heterocycles. The third-order valence-electron chi connectivity index (χ3n) is 6.06. The van der Waals surface area contributed by atoms with E-state index in [-0.39, 0.29) is 17.4 Å². The van der Waals surface area contributed by atoms with E-state index >= 15 is 0 Å². The molecule has 5 nitrogen and oxygen atoms in total. The molecule has 3 aromatic carbocycles. The van der Waals surface area contributed by atoms with Gasteiger partial charge in [-0.15, -0.1) is 0 Å². The monoisotopic (exact) mass is 483 g/mol. The lowest BCUT2D eigenvalue weighted by molar-refractivity contribution is 0.102. The highest BCUT2D eigenvalue weighted by molar-refractivity contribution is 7.82. The number of carbonyl (C=O) groups is 2. The number of amides is 3. The molecule has 0 aromatic heterocycles. The molecule has 0 bridgehead atoms. The zero-order valence-electron chi connectivity index (χ0n) is 19.7. The quantitative estimate of drug-likeness (QED) is 0.359. The number of carbonyl (C=O) groups excluding carboxylic acids is 2. The van der Waals surface area contributed by atoms with Crippen molar-refractivity contribution in [2.45, 2.75) is 40.7 Å². The molecule has 0 radical (unpaired) electrons. The molecule has 3 amide bonds. The van der Waals surface area contributed by atoms with Crippen LogP contribution in [0.4, 0.5) is 25.0 Å². The van der Waals surface area contributed by atoms with Crippen LogP contribution in [-0.4, -0.2) is 11.9 Å². The number of hydrogen-bond acceptors (Lipinski definition) is 3. The molecular formula is C26H27F2N3O2S. The minimum Gasteiger partial charge on any atom is -0.330 e. The molecule has 178 valence electrons. The maximum Gasteiger partial charge on any atom is 0.332 e. The van der Waals surface area contributed by atoms with Gasteiger partial charge in [-0.3, -0.25) is 4.79 Å². The molecule has 0 fully saturated rings. The summed E-state index contributed by atoms with van der Waals surface area (Å²) in [6, 6.07) is 10.9. The first-order valence-corrected chi connectivity index (χ1v) is 11.1. The summed E-state index contributed by atoms with van der Waals surface area (Å²) in [5.74, 6) is -1.50. The third kappa shape index (κ3) is 5.07. The highest BCUT2D eigenvalue weighted by Crippen LogP contribution is 2.37. The molecule has 1 atom stereocenters. The summed E-state index contributed by atoms with van der Waals surface area (Å²) in [7, 11) is 0. The molecule has 0 aliphatic rings. The van der Waals surface area contributed by atoms with Crippen LogP contribution in [0.1, 0.15) is 51.1 Å². The Balaban J connectivity index is 1.87. The van der Waals surface area contributed by atoms with Crippen molar-refractivity contribution in [3.8, 4) is 0 Å². The van der Waals surface area contributed by atoms with Crippen LogP contribution in [-0.2, 0) is 0 Å². The topological polar surface area (TPSA) is 61.4 Å².